The highest BCUT2D eigenvalue weighted by atomic mass is 19.1. The summed E-state index contributed by atoms with van der Waals surface area (Å²) in [5, 5.41) is 32.6. The molecular weight excluding hydrogens is 1230 g/mol. The first-order chi connectivity index (χ1) is 45.0. The summed E-state index contributed by atoms with van der Waals surface area (Å²) in [5.74, 6) is 17.2. The molecule has 4 atom stereocenters. The van der Waals surface area contributed by atoms with Gasteiger partial charge in [0, 0.05) is 83.2 Å². The summed E-state index contributed by atoms with van der Waals surface area (Å²) in [6.07, 6.45) is 26.3. The largest absolute Gasteiger partial charge is 0.378 e. The van der Waals surface area contributed by atoms with Gasteiger partial charge in [0.2, 0.25) is 17.8 Å². The van der Waals surface area contributed by atoms with Crippen LogP contribution in [0.15, 0.2) is 67.7 Å². The molecule has 0 amide bonds. The smallest absolute Gasteiger partial charge is 0.220 e. The normalized spacial score (nSPS) is 18.6. The van der Waals surface area contributed by atoms with Crippen molar-refractivity contribution in [3.63, 3.8) is 0 Å². The second-order valence-electron chi connectivity index (χ2n) is 26.7. The molecule has 6 aliphatic rings. The number of halogens is 3. The van der Waals surface area contributed by atoms with Crippen molar-refractivity contribution in [2.75, 3.05) is 56.5 Å². The summed E-state index contributed by atoms with van der Waals surface area (Å²) in [7, 11) is 0. The van der Waals surface area contributed by atoms with Crippen LogP contribution in [0.25, 0.3) is 49.9 Å². The number of unbranched alkanes of at least 4 members (excludes halogenated alkanes) is 1. The second kappa shape index (κ2) is 29.9. The van der Waals surface area contributed by atoms with Crippen LogP contribution in [0.5, 0.6) is 0 Å². The van der Waals surface area contributed by atoms with E-state index in [2.05, 4.69) is 108 Å². The lowest BCUT2D eigenvalue weighted by molar-refractivity contribution is 0.0976. The van der Waals surface area contributed by atoms with Gasteiger partial charge in [-0.05, 0) is 183 Å². The summed E-state index contributed by atoms with van der Waals surface area (Å²) in [6.45, 7) is 17.3. The maximum Gasteiger partial charge on any atom is 0.220 e. The molecule has 8 aromatic heterocycles. The first kappa shape index (κ1) is 72.4. The van der Waals surface area contributed by atoms with Gasteiger partial charge in [0.05, 0.1) is 42.0 Å². The molecule has 0 aromatic carbocycles. The highest BCUT2D eigenvalue weighted by Crippen LogP contribution is 2.46. The zero-order valence-corrected chi connectivity index (χ0v) is 54.2. The van der Waals surface area contributed by atoms with Crippen molar-refractivity contribution < 1.29 is 28.5 Å². The first-order valence-corrected chi connectivity index (χ1v) is 32.8. The van der Waals surface area contributed by atoms with Gasteiger partial charge in [0.15, 0.2) is 17.5 Å². The van der Waals surface area contributed by atoms with E-state index < -0.39 is 34.3 Å². The molecule has 4 aliphatic carbocycles. The van der Waals surface area contributed by atoms with Gasteiger partial charge in [-0.25, -0.2) is 58.0 Å². The van der Waals surface area contributed by atoms with Crippen LogP contribution in [0.4, 0.5) is 31.0 Å². The van der Waals surface area contributed by atoms with Crippen LogP contribution in [0.3, 0.4) is 0 Å². The Kier molecular flexibility index (Phi) is 22.3. The van der Waals surface area contributed by atoms with Crippen LogP contribution >= 0.6 is 0 Å². The number of rotatable bonds is 13. The zero-order chi connectivity index (χ0) is 66.2. The number of nitrogens with two attached hydrogens (primary N) is 3. The highest BCUT2D eigenvalue weighted by Gasteiger charge is 2.40. The summed E-state index contributed by atoms with van der Waals surface area (Å²) in [5.41, 5.74) is 23.2. The summed E-state index contributed by atoms with van der Waals surface area (Å²) < 4.78 is 48.3. The molecule has 22 heteroatoms. The van der Waals surface area contributed by atoms with Crippen LogP contribution in [0.1, 0.15) is 198 Å². The Morgan fingerprint density at radius 1 is 0.536 bits per heavy atom. The molecule has 5 fully saturated rings. The molecule has 0 spiro atoms. The number of likely N-dealkylation sites (tertiary alicyclic amines) is 2. The lowest BCUT2D eigenvalue weighted by atomic mass is 9.98. The minimum absolute atomic E-state index is 0. The molecule has 9 N–H and O–H groups in total. The van der Waals surface area contributed by atoms with Gasteiger partial charge in [0.1, 0.15) is 51.0 Å². The van der Waals surface area contributed by atoms with Crippen molar-refractivity contribution >= 4 is 45.2 Å². The fourth-order valence-corrected chi connectivity index (χ4v) is 13.0. The van der Waals surface area contributed by atoms with Crippen LogP contribution < -0.4 is 17.2 Å². The summed E-state index contributed by atoms with van der Waals surface area (Å²) >= 11 is 0. The van der Waals surface area contributed by atoms with E-state index >= 15 is 0 Å². The predicted octanol–water partition coefficient (Wildman–Crippen LogP) is 12.0. The van der Waals surface area contributed by atoms with Gasteiger partial charge in [-0.3, -0.25) is 0 Å². The van der Waals surface area contributed by atoms with Gasteiger partial charge in [-0.15, -0.1) is 0 Å². The van der Waals surface area contributed by atoms with E-state index in [9.17, 15) is 28.5 Å². The number of aromatic nitrogens is 11. The standard InChI is InChI=1S/C26H31FN6O.C24H29FN6O.C22H21FN4O.3CH4/c1-3-4-10-32-11-8-19(15-32)33-16-21(24-22(27)13-30-25(28)31-24)20-12-18(29-14-23(20)33)7-9-26(2,34)17-5-6-17;1-4-9-30-10-5-6-17(14-30)31-15-19(22-20(25)12-28-23(26)29-22)18-11-16(27-13-21(18)31)7-8-24(2,3)32;1-22(28,13-4-5-13)9-8-14-10-17-15(19(26-14)12-2-3-12)6-7-16(17)20-18(23)11-25-21(24)27-20;;;/h12-14,16-17,19,34H,3-6,8,10-11,15H2,1-2H3,(H2,28,30,31);11-13,15,17,32H,4-6,9-10,14H2,1-3H3,(H2,26,28,29);7,10-13,28H,2-6H2,1H3,(H2,24,25,27);3*1H4. The predicted molar refractivity (Wildman–Crippen MR) is 377 cm³/mol. The summed E-state index contributed by atoms with van der Waals surface area (Å²) in [6, 6.07) is 6.09. The molecule has 3 saturated carbocycles. The van der Waals surface area contributed by atoms with Gasteiger partial charge in [0.25, 0.3) is 0 Å². The second-order valence-corrected chi connectivity index (χ2v) is 26.7. The van der Waals surface area contributed by atoms with Gasteiger partial charge < -0.3 is 51.5 Å². The minimum Gasteiger partial charge on any atom is -0.378 e. The maximum absolute atomic E-state index is 14.8. The Balaban J connectivity index is 0.000000169. The molecular formula is C75H93F3N16O3. The first-order valence-electron chi connectivity index (χ1n) is 32.8. The molecule has 8 aromatic rings. The molecule has 512 valence electrons. The fraction of sp³-hybridized carbons (Fsp3) is 0.480. The molecule has 2 saturated heterocycles. The van der Waals surface area contributed by atoms with Crippen molar-refractivity contribution in [3.05, 3.63) is 125 Å². The fourth-order valence-electron chi connectivity index (χ4n) is 13.0. The number of hydrogen-bond acceptors (Lipinski definition) is 17. The van der Waals surface area contributed by atoms with Crippen LogP contribution in [0.2, 0.25) is 0 Å². The topological polar surface area (TPSA) is 271 Å². The molecule has 10 heterocycles. The number of fused-ring (bicyclic) bond motifs is 3. The van der Waals surface area contributed by atoms with Crippen molar-refractivity contribution in [2.24, 2.45) is 11.8 Å². The highest BCUT2D eigenvalue weighted by molar-refractivity contribution is 5.97. The maximum atomic E-state index is 14.8. The Morgan fingerprint density at radius 3 is 1.52 bits per heavy atom. The van der Waals surface area contributed by atoms with Crippen molar-refractivity contribution in [1.29, 1.82) is 0 Å². The molecule has 14 rings (SSSR count). The van der Waals surface area contributed by atoms with E-state index in [0.717, 1.165) is 161 Å². The quantitative estimate of drug-likeness (QED) is 0.0586. The van der Waals surface area contributed by atoms with Crippen LogP contribution in [-0.2, 0) is 6.42 Å². The number of anilines is 3. The molecule has 4 unspecified atom stereocenters. The van der Waals surface area contributed by atoms with E-state index in [-0.39, 0.29) is 81.1 Å². The molecule has 0 radical (unpaired) electrons. The molecule has 97 heavy (non-hydrogen) atoms. The SMILES string of the molecule is C.C.C.CC(O)(C#Cc1cc2c(c(C3CC3)n1)CC=C2c1nc(N)ncc1F)C1CC1.CCCCN1CCC(n2cc(-c3nc(N)ncc3F)c3cc(C#CC(C)(O)C4CC4)ncc32)C1.CCCN1CCCC(n2cc(-c3nc(N)ncc3F)c3cc(C#CC(C)(C)O)ncc32)C1. The van der Waals surface area contributed by atoms with Gasteiger partial charge in [-0.1, -0.05) is 66.4 Å². The zero-order valence-electron chi connectivity index (χ0n) is 54.2. The molecule has 19 nitrogen and oxygen atoms in total. The average Bonchev–Trinajstić information content (AvgIpc) is 1.64. The third kappa shape index (κ3) is 16.8. The molecule has 0 bridgehead atoms. The van der Waals surface area contributed by atoms with Crippen molar-refractivity contribution in [3.8, 4) is 58.0 Å². The van der Waals surface area contributed by atoms with E-state index in [4.69, 9.17) is 22.2 Å². The Morgan fingerprint density at radius 2 is 1.02 bits per heavy atom. The number of aliphatic hydroxyl groups is 3. The number of piperidine rings is 1. The lowest BCUT2D eigenvalue weighted by Gasteiger charge is -2.33. The van der Waals surface area contributed by atoms with Gasteiger partial charge >= 0.3 is 0 Å². The third-order valence-electron chi connectivity index (χ3n) is 18.4. The number of nitrogens with zero attached hydrogens (tertiary/aromatic N) is 13. The minimum atomic E-state index is -1.14. The van der Waals surface area contributed by atoms with Crippen LogP contribution in [0, 0.1) is 64.8 Å². The van der Waals surface area contributed by atoms with E-state index in [1.54, 1.807) is 40.1 Å². The average molecular weight is 1320 g/mol. The molecule has 2 aliphatic heterocycles. The van der Waals surface area contributed by atoms with E-state index in [0.29, 0.717) is 46.1 Å². The van der Waals surface area contributed by atoms with Crippen molar-refractivity contribution in [2.45, 2.75) is 182 Å². The van der Waals surface area contributed by atoms with E-state index in [1.165, 1.54) is 12.8 Å². The lowest BCUT2D eigenvalue weighted by Crippen LogP contribution is -2.36. The van der Waals surface area contributed by atoms with Gasteiger partial charge in [-0.2, -0.15) is 0 Å². The third-order valence-corrected chi connectivity index (χ3v) is 18.4. The number of allylic oxidation sites excluding steroid dienone is 1. The monoisotopic (exact) mass is 1320 g/mol. The van der Waals surface area contributed by atoms with Crippen molar-refractivity contribution in [1.82, 2.24) is 63.8 Å². The van der Waals surface area contributed by atoms with Crippen LogP contribution in [-0.4, -0.2) is 135 Å². The number of hydrogen-bond donors (Lipinski definition) is 6. The number of nitrogen functional groups attached to an aromatic ring is 3. The Hall–Kier alpha value is -8.82. The van der Waals surface area contributed by atoms with E-state index in [1.807, 2.05) is 36.7 Å². The number of pyridine rings is 3. The Labute approximate surface area is 568 Å². The Bertz CT molecular complexity index is 4410. The summed E-state index contributed by atoms with van der Waals surface area (Å²) in [4.78, 5) is 42.6.